The standard InChI is InChI=1S/C21H23NO5/c1-14-20(16-7-5-4-6-8-16)27-21(24)22(14)19(23)12-10-15-9-11-17(25-2)18(13-15)26-3/h4-9,11,13-14,20H,10,12H2,1-3H3/t14-,20-/m0/s1. The molecule has 0 aliphatic carbocycles. The summed E-state index contributed by atoms with van der Waals surface area (Å²) in [7, 11) is 3.14. The smallest absolute Gasteiger partial charge is 0.417 e. The van der Waals surface area contributed by atoms with Gasteiger partial charge in [0, 0.05) is 6.42 Å². The van der Waals surface area contributed by atoms with Crippen molar-refractivity contribution in [2.45, 2.75) is 31.9 Å². The molecule has 2 aromatic carbocycles. The summed E-state index contributed by atoms with van der Waals surface area (Å²) in [5, 5.41) is 0. The maximum absolute atomic E-state index is 12.7. The normalized spacial score (nSPS) is 18.9. The van der Waals surface area contributed by atoms with E-state index in [1.165, 1.54) is 4.90 Å². The highest BCUT2D eigenvalue weighted by molar-refractivity contribution is 5.93. The predicted molar refractivity (Wildman–Crippen MR) is 99.8 cm³/mol. The molecule has 1 fully saturated rings. The van der Waals surface area contributed by atoms with E-state index < -0.39 is 12.2 Å². The first-order valence-electron chi connectivity index (χ1n) is 8.83. The Hall–Kier alpha value is -3.02. The van der Waals surface area contributed by atoms with E-state index in [0.29, 0.717) is 17.9 Å². The summed E-state index contributed by atoms with van der Waals surface area (Å²) in [5.74, 6) is 0.997. The molecule has 0 aromatic heterocycles. The Morgan fingerprint density at radius 1 is 1.07 bits per heavy atom. The monoisotopic (exact) mass is 369 g/mol. The summed E-state index contributed by atoms with van der Waals surface area (Å²) >= 11 is 0. The van der Waals surface area contributed by atoms with Crippen molar-refractivity contribution >= 4 is 12.0 Å². The van der Waals surface area contributed by atoms with E-state index in [2.05, 4.69) is 0 Å². The maximum atomic E-state index is 12.7. The van der Waals surface area contributed by atoms with Crippen LogP contribution in [0.15, 0.2) is 48.5 Å². The van der Waals surface area contributed by atoms with Crippen LogP contribution in [-0.4, -0.2) is 37.2 Å². The second kappa shape index (κ2) is 8.12. The summed E-state index contributed by atoms with van der Waals surface area (Å²) in [5.41, 5.74) is 1.81. The zero-order valence-corrected chi connectivity index (χ0v) is 15.7. The highest BCUT2D eigenvalue weighted by Crippen LogP contribution is 2.33. The van der Waals surface area contributed by atoms with E-state index in [0.717, 1.165) is 11.1 Å². The van der Waals surface area contributed by atoms with Crippen LogP contribution >= 0.6 is 0 Å². The average molecular weight is 369 g/mol. The Morgan fingerprint density at radius 3 is 2.44 bits per heavy atom. The van der Waals surface area contributed by atoms with Gasteiger partial charge in [0.1, 0.15) is 6.10 Å². The number of imide groups is 1. The minimum absolute atomic E-state index is 0.205. The lowest BCUT2D eigenvalue weighted by atomic mass is 10.0. The number of nitrogens with zero attached hydrogens (tertiary/aromatic N) is 1. The molecule has 0 saturated carbocycles. The third kappa shape index (κ3) is 3.89. The van der Waals surface area contributed by atoms with E-state index in [1.54, 1.807) is 20.3 Å². The first kappa shape index (κ1) is 18.8. The molecule has 0 N–H and O–H groups in total. The lowest BCUT2D eigenvalue weighted by molar-refractivity contribution is -0.129. The number of carbonyl (C=O) groups excluding carboxylic acids is 2. The van der Waals surface area contributed by atoms with Crippen molar-refractivity contribution < 1.29 is 23.8 Å². The zero-order valence-electron chi connectivity index (χ0n) is 15.7. The van der Waals surface area contributed by atoms with Gasteiger partial charge in [0.25, 0.3) is 0 Å². The van der Waals surface area contributed by atoms with Gasteiger partial charge in [-0.3, -0.25) is 4.79 Å². The number of ether oxygens (including phenoxy) is 3. The van der Waals surface area contributed by atoms with Crippen molar-refractivity contribution in [2.24, 2.45) is 0 Å². The van der Waals surface area contributed by atoms with Crippen molar-refractivity contribution in [2.75, 3.05) is 14.2 Å². The van der Waals surface area contributed by atoms with E-state index in [4.69, 9.17) is 14.2 Å². The third-order valence-electron chi connectivity index (χ3n) is 4.74. The summed E-state index contributed by atoms with van der Waals surface area (Å²) in [4.78, 5) is 26.1. The van der Waals surface area contributed by atoms with E-state index >= 15 is 0 Å². The van der Waals surface area contributed by atoms with Gasteiger partial charge >= 0.3 is 6.09 Å². The third-order valence-corrected chi connectivity index (χ3v) is 4.74. The number of hydrogen-bond donors (Lipinski definition) is 0. The Balaban J connectivity index is 1.67. The molecule has 2 atom stereocenters. The molecule has 2 aromatic rings. The fraction of sp³-hybridized carbons (Fsp3) is 0.333. The van der Waals surface area contributed by atoms with Crippen LogP contribution in [0.3, 0.4) is 0 Å². The highest BCUT2D eigenvalue weighted by Gasteiger charge is 2.42. The molecule has 3 rings (SSSR count). The fourth-order valence-electron chi connectivity index (χ4n) is 3.29. The molecule has 1 saturated heterocycles. The molecule has 1 aliphatic heterocycles. The summed E-state index contributed by atoms with van der Waals surface area (Å²) in [6.45, 7) is 1.83. The minimum atomic E-state index is -0.589. The summed E-state index contributed by atoms with van der Waals surface area (Å²) < 4.78 is 15.9. The molecule has 0 unspecified atom stereocenters. The van der Waals surface area contributed by atoms with Gasteiger partial charge in [0.05, 0.1) is 20.3 Å². The van der Waals surface area contributed by atoms with Gasteiger partial charge in [-0.2, -0.15) is 0 Å². The Kier molecular flexibility index (Phi) is 5.64. The Labute approximate surface area is 158 Å². The van der Waals surface area contributed by atoms with Crippen molar-refractivity contribution in [3.63, 3.8) is 0 Å². The van der Waals surface area contributed by atoms with Crippen LogP contribution in [0.25, 0.3) is 0 Å². The zero-order chi connectivity index (χ0) is 19.4. The summed E-state index contributed by atoms with van der Waals surface area (Å²) in [6, 6.07) is 14.6. The molecule has 2 amide bonds. The molecule has 6 nitrogen and oxygen atoms in total. The molecule has 0 radical (unpaired) electrons. The Morgan fingerprint density at radius 2 is 1.78 bits per heavy atom. The van der Waals surface area contributed by atoms with Gasteiger partial charge in [0.15, 0.2) is 11.5 Å². The number of cyclic esters (lactones) is 1. The lowest BCUT2D eigenvalue weighted by Gasteiger charge is -2.19. The SMILES string of the molecule is COc1ccc(CCC(=O)N2C(=O)O[C@H](c3ccccc3)[C@@H]2C)cc1OC. The van der Waals surface area contributed by atoms with Gasteiger partial charge in [-0.1, -0.05) is 36.4 Å². The van der Waals surface area contributed by atoms with Gasteiger partial charge in [-0.15, -0.1) is 0 Å². The molecule has 1 aliphatic rings. The van der Waals surface area contributed by atoms with Crippen LogP contribution in [0.1, 0.15) is 30.6 Å². The van der Waals surface area contributed by atoms with Crippen molar-refractivity contribution in [3.05, 3.63) is 59.7 Å². The predicted octanol–water partition coefficient (Wildman–Crippen LogP) is 3.75. The van der Waals surface area contributed by atoms with Gasteiger partial charge < -0.3 is 14.2 Å². The number of methoxy groups -OCH3 is 2. The molecule has 0 bridgehead atoms. The largest absolute Gasteiger partial charge is 0.493 e. The molecular weight excluding hydrogens is 346 g/mol. The minimum Gasteiger partial charge on any atom is -0.493 e. The van der Waals surface area contributed by atoms with Gasteiger partial charge in [-0.05, 0) is 36.6 Å². The molecule has 0 spiro atoms. The van der Waals surface area contributed by atoms with Crippen molar-refractivity contribution in [1.29, 1.82) is 0 Å². The number of rotatable bonds is 6. The summed E-state index contributed by atoms with van der Waals surface area (Å²) in [6.07, 6.45) is -0.334. The van der Waals surface area contributed by atoms with Gasteiger partial charge in [0.2, 0.25) is 5.91 Å². The average Bonchev–Trinajstić information content (AvgIpc) is 3.00. The fourth-order valence-corrected chi connectivity index (χ4v) is 3.29. The van der Waals surface area contributed by atoms with Gasteiger partial charge in [-0.25, -0.2) is 9.69 Å². The number of amides is 2. The van der Waals surface area contributed by atoms with Crippen LogP contribution in [-0.2, 0) is 16.0 Å². The van der Waals surface area contributed by atoms with Crippen LogP contribution in [0.4, 0.5) is 4.79 Å². The Bertz CT molecular complexity index is 821. The molecule has 27 heavy (non-hydrogen) atoms. The topological polar surface area (TPSA) is 65.1 Å². The van der Waals surface area contributed by atoms with Crippen LogP contribution < -0.4 is 9.47 Å². The van der Waals surface area contributed by atoms with Crippen LogP contribution in [0.5, 0.6) is 11.5 Å². The van der Waals surface area contributed by atoms with Crippen molar-refractivity contribution in [3.8, 4) is 11.5 Å². The quantitative estimate of drug-likeness (QED) is 0.776. The van der Waals surface area contributed by atoms with Crippen LogP contribution in [0.2, 0.25) is 0 Å². The second-order valence-electron chi connectivity index (χ2n) is 6.41. The number of carbonyl (C=O) groups is 2. The first-order valence-corrected chi connectivity index (χ1v) is 8.83. The number of benzene rings is 2. The maximum Gasteiger partial charge on any atom is 0.417 e. The van der Waals surface area contributed by atoms with E-state index in [1.807, 2.05) is 49.4 Å². The van der Waals surface area contributed by atoms with Crippen LogP contribution in [0, 0.1) is 0 Å². The van der Waals surface area contributed by atoms with E-state index in [9.17, 15) is 9.59 Å². The first-order chi connectivity index (χ1) is 13.0. The lowest BCUT2D eigenvalue weighted by Crippen LogP contribution is -2.37. The molecule has 6 heteroatoms. The molecule has 1 heterocycles. The molecular formula is C21H23NO5. The molecule has 142 valence electrons. The number of aryl methyl sites for hydroxylation is 1. The number of hydrogen-bond acceptors (Lipinski definition) is 5. The highest BCUT2D eigenvalue weighted by atomic mass is 16.6. The van der Waals surface area contributed by atoms with Crippen molar-refractivity contribution in [1.82, 2.24) is 4.90 Å². The van der Waals surface area contributed by atoms with E-state index in [-0.39, 0.29) is 18.4 Å². The second-order valence-corrected chi connectivity index (χ2v) is 6.41.